The van der Waals surface area contributed by atoms with Gasteiger partial charge in [-0.05, 0) is 68.7 Å². The van der Waals surface area contributed by atoms with Crippen molar-refractivity contribution in [3.63, 3.8) is 0 Å². The van der Waals surface area contributed by atoms with E-state index < -0.39 is 11.9 Å². The van der Waals surface area contributed by atoms with E-state index >= 15 is 0 Å². The summed E-state index contributed by atoms with van der Waals surface area (Å²) in [6.07, 6.45) is 2.30. The molecule has 0 spiro atoms. The van der Waals surface area contributed by atoms with Gasteiger partial charge < -0.3 is 24.4 Å². The molecular weight excluding hydrogens is 516 g/mol. The van der Waals surface area contributed by atoms with E-state index in [0.29, 0.717) is 36.1 Å². The Kier molecular flexibility index (Phi) is 14.9. The summed E-state index contributed by atoms with van der Waals surface area (Å²) in [5.74, 6) is -1.42. The molecule has 0 bridgehead atoms. The molecule has 10 nitrogen and oxygen atoms in total. The highest BCUT2D eigenvalue weighted by atomic mass is 16.5. The summed E-state index contributed by atoms with van der Waals surface area (Å²) in [6.45, 7) is 8.89. The summed E-state index contributed by atoms with van der Waals surface area (Å²) in [6, 6.07) is 8.99. The summed E-state index contributed by atoms with van der Waals surface area (Å²) >= 11 is 0. The number of aliphatic hydroxyl groups excluding tert-OH is 1. The van der Waals surface area contributed by atoms with Crippen LogP contribution in [0.1, 0.15) is 97.9 Å². The van der Waals surface area contributed by atoms with Crippen LogP contribution in [0.5, 0.6) is 0 Å². The molecular formula is C30H40N2O8. The molecule has 10 heteroatoms. The third-order valence-electron chi connectivity index (χ3n) is 5.59. The van der Waals surface area contributed by atoms with Crippen molar-refractivity contribution in [2.75, 3.05) is 40.4 Å². The van der Waals surface area contributed by atoms with Gasteiger partial charge >= 0.3 is 11.9 Å². The van der Waals surface area contributed by atoms with Crippen LogP contribution in [0, 0.1) is 0 Å². The van der Waals surface area contributed by atoms with E-state index in [1.165, 1.54) is 30.3 Å². The number of nitrogens with zero attached hydrogens (tertiary/aromatic N) is 2. The number of amides is 2. The summed E-state index contributed by atoms with van der Waals surface area (Å²) in [4.78, 5) is 62.0. The van der Waals surface area contributed by atoms with Crippen molar-refractivity contribution >= 4 is 30.0 Å². The zero-order valence-corrected chi connectivity index (χ0v) is 24.2. The minimum atomic E-state index is -0.539. The first kappa shape index (κ1) is 34.0. The fourth-order valence-corrected chi connectivity index (χ4v) is 3.73. The van der Waals surface area contributed by atoms with Crippen LogP contribution in [0.15, 0.2) is 36.4 Å². The number of carbonyl (C=O) groups excluding carboxylic acids is 5. The Bertz CT molecular complexity index is 1180. The lowest BCUT2D eigenvalue weighted by molar-refractivity contribution is 0.0516. The van der Waals surface area contributed by atoms with Gasteiger partial charge in [-0.2, -0.15) is 0 Å². The highest BCUT2D eigenvalue weighted by molar-refractivity contribution is 6.00. The molecule has 0 unspecified atom stereocenters. The lowest BCUT2D eigenvalue weighted by Gasteiger charge is -2.17. The predicted octanol–water partition coefficient (Wildman–Crippen LogP) is 4.00. The minimum absolute atomic E-state index is 0.173. The van der Waals surface area contributed by atoms with Crippen molar-refractivity contribution < 1.29 is 38.6 Å². The molecule has 0 aliphatic heterocycles. The number of ether oxygens (including phenoxy) is 2. The van der Waals surface area contributed by atoms with Crippen molar-refractivity contribution in [1.82, 2.24) is 9.80 Å². The molecule has 0 saturated carbocycles. The number of hydrogen-bond acceptors (Lipinski definition) is 8. The average Bonchev–Trinajstić information content (AvgIpc) is 2.96. The number of aldehydes is 1. The van der Waals surface area contributed by atoms with E-state index in [-0.39, 0.29) is 48.3 Å². The van der Waals surface area contributed by atoms with Gasteiger partial charge in [0.25, 0.3) is 11.8 Å². The zero-order chi connectivity index (χ0) is 30.2. The van der Waals surface area contributed by atoms with Crippen molar-refractivity contribution in [2.24, 2.45) is 0 Å². The van der Waals surface area contributed by atoms with Gasteiger partial charge in [0.05, 0.1) is 30.9 Å². The van der Waals surface area contributed by atoms with Gasteiger partial charge in [0.2, 0.25) is 0 Å². The number of aliphatic hydroxyl groups is 1. The number of carbonyl (C=O) groups is 5. The van der Waals surface area contributed by atoms with E-state index in [1.54, 1.807) is 43.8 Å². The third kappa shape index (κ3) is 10.3. The van der Waals surface area contributed by atoms with Crippen LogP contribution in [0.3, 0.4) is 0 Å². The molecule has 2 aromatic carbocycles. The van der Waals surface area contributed by atoms with Crippen LogP contribution in [-0.2, 0) is 16.1 Å². The first-order valence-corrected chi connectivity index (χ1v) is 13.3. The second-order valence-corrected chi connectivity index (χ2v) is 8.93. The SMILES string of the molecule is CCCN(C)C(=O)c1cc(C=O)cc(C(=O)OCC)c1.CCCN(C)C(=O)c1cc(CO)cc(C(=O)OCC)c1. The van der Waals surface area contributed by atoms with E-state index in [1.807, 2.05) is 13.8 Å². The summed E-state index contributed by atoms with van der Waals surface area (Å²) in [7, 11) is 3.39. The molecule has 0 aromatic heterocycles. The standard InChI is InChI=1S/C15H21NO4.C15H19NO4/c2*1-4-6-16(3)14(18)12-7-11(10-17)8-13(9-12)15(19)20-5-2/h7-9,17H,4-6,10H2,1-3H3;7-10H,4-6H2,1-3H3. The normalized spacial score (nSPS) is 10.1. The van der Waals surface area contributed by atoms with Crippen LogP contribution in [0.2, 0.25) is 0 Å². The van der Waals surface area contributed by atoms with Crippen molar-refractivity contribution in [3.8, 4) is 0 Å². The molecule has 0 atom stereocenters. The zero-order valence-electron chi connectivity index (χ0n) is 24.2. The topological polar surface area (TPSA) is 131 Å². The monoisotopic (exact) mass is 556 g/mol. The van der Waals surface area contributed by atoms with Crippen LogP contribution in [-0.4, -0.2) is 85.3 Å². The highest BCUT2D eigenvalue weighted by Gasteiger charge is 2.17. The molecule has 40 heavy (non-hydrogen) atoms. The van der Waals surface area contributed by atoms with E-state index in [9.17, 15) is 29.1 Å². The molecule has 0 heterocycles. The van der Waals surface area contributed by atoms with Crippen LogP contribution >= 0.6 is 0 Å². The molecule has 1 N–H and O–H groups in total. The Hall–Kier alpha value is -4.05. The van der Waals surface area contributed by atoms with Gasteiger partial charge in [-0.15, -0.1) is 0 Å². The smallest absolute Gasteiger partial charge is 0.338 e. The van der Waals surface area contributed by atoms with Crippen LogP contribution in [0.4, 0.5) is 0 Å². The largest absolute Gasteiger partial charge is 0.462 e. The molecule has 2 aromatic rings. The van der Waals surface area contributed by atoms with Gasteiger partial charge in [0.15, 0.2) is 0 Å². The Morgan fingerprint density at radius 3 is 1.50 bits per heavy atom. The molecule has 0 saturated heterocycles. The molecule has 0 fully saturated rings. The van der Waals surface area contributed by atoms with Crippen molar-refractivity contribution in [3.05, 3.63) is 69.8 Å². The second-order valence-electron chi connectivity index (χ2n) is 8.93. The van der Waals surface area contributed by atoms with Gasteiger partial charge in [0.1, 0.15) is 6.29 Å². The summed E-state index contributed by atoms with van der Waals surface area (Å²) in [5.41, 5.74) is 1.99. The Morgan fingerprint density at radius 1 is 0.700 bits per heavy atom. The first-order valence-electron chi connectivity index (χ1n) is 13.3. The molecule has 2 amide bonds. The average molecular weight is 557 g/mol. The first-order chi connectivity index (χ1) is 19.1. The van der Waals surface area contributed by atoms with Gasteiger partial charge in [-0.3, -0.25) is 14.4 Å². The van der Waals surface area contributed by atoms with E-state index in [0.717, 1.165) is 12.8 Å². The summed E-state index contributed by atoms with van der Waals surface area (Å²) in [5, 5.41) is 9.24. The lowest BCUT2D eigenvalue weighted by atomic mass is 10.0. The third-order valence-corrected chi connectivity index (χ3v) is 5.59. The molecule has 0 aliphatic carbocycles. The van der Waals surface area contributed by atoms with Crippen molar-refractivity contribution in [2.45, 2.75) is 47.1 Å². The molecule has 218 valence electrons. The maximum Gasteiger partial charge on any atom is 0.338 e. The summed E-state index contributed by atoms with van der Waals surface area (Å²) < 4.78 is 9.82. The Balaban J connectivity index is 0.000000400. The minimum Gasteiger partial charge on any atom is -0.462 e. The van der Waals surface area contributed by atoms with E-state index in [2.05, 4.69) is 0 Å². The quantitative estimate of drug-likeness (QED) is 0.307. The number of benzene rings is 2. The van der Waals surface area contributed by atoms with Crippen LogP contribution < -0.4 is 0 Å². The Morgan fingerprint density at radius 2 is 1.10 bits per heavy atom. The van der Waals surface area contributed by atoms with Crippen LogP contribution in [0.25, 0.3) is 0 Å². The fraction of sp³-hybridized carbons (Fsp3) is 0.433. The van der Waals surface area contributed by atoms with E-state index in [4.69, 9.17) is 9.47 Å². The van der Waals surface area contributed by atoms with Gasteiger partial charge in [-0.25, -0.2) is 9.59 Å². The number of esters is 2. The van der Waals surface area contributed by atoms with Crippen molar-refractivity contribution in [1.29, 1.82) is 0 Å². The maximum atomic E-state index is 12.2. The second kappa shape index (κ2) is 17.5. The fourth-order valence-electron chi connectivity index (χ4n) is 3.73. The lowest BCUT2D eigenvalue weighted by Crippen LogP contribution is -2.27. The Labute approximate surface area is 235 Å². The van der Waals surface area contributed by atoms with Gasteiger partial charge in [-0.1, -0.05) is 13.8 Å². The predicted molar refractivity (Wildman–Crippen MR) is 151 cm³/mol. The molecule has 0 aliphatic rings. The number of hydrogen-bond donors (Lipinski definition) is 1. The molecule has 0 radical (unpaired) electrons. The highest BCUT2D eigenvalue weighted by Crippen LogP contribution is 2.15. The number of rotatable bonds is 12. The molecule has 2 rings (SSSR count). The maximum absolute atomic E-state index is 12.2. The van der Waals surface area contributed by atoms with Gasteiger partial charge in [0, 0.05) is 43.9 Å².